The van der Waals surface area contributed by atoms with Crippen LogP contribution in [0, 0.1) is 6.92 Å². The van der Waals surface area contributed by atoms with E-state index in [1.807, 2.05) is 0 Å². The first kappa shape index (κ1) is 18.2. The molecule has 1 N–H and O–H groups in total. The molecule has 0 bridgehead atoms. The van der Waals surface area contributed by atoms with Gasteiger partial charge in [0.2, 0.25) is 0 Å². The fraction of sp³-hybridized carbons (Fsp3) is 0.105. The summed E-state index contributed by atoms with van der Waals surface area (Å²) in [6, 6.07) is 7.70. The lowest BCUT2D eigenvalue weighted by Crippen LogP contribution is -2.34. The van der Waals surface area contributed by atoms with Gasteiger partial charge in [-0.2, -0.15) is 0 Å². The van der Waals surface area contributed by atoms with Crippen molar-refractivity contribution < 1.29 is 32.5 Å². The fourth-order valence-corrected chi connectivity index (χ4v) is 2.65. The Morgan fingerprint density at radius 3 is 2.66 bits per heavy atom. The number of amides is 2. The van der Waals surface area contributed by atoms with E-state index in [-0.39, 0.29) is 17.0 Å². The number of fused-ring (bicyclic) bond motifs is 1. The molecule has 2 amide bonds. The number of pyridine rings is 1. The van der Waals surface area contributed by atoms with Crippen LogP contribution in [-0.2, 0) is 9.53 Å². The Labute approximate surface area is 162 Å². The van der Waals surface area contributed by atoms with Crippen LogP contribution < -0.4 is 5.32 Å². The van der Waals surface area contributed by atoms with Crippen LogP contribution in [0.3, 0.4) is 0 Å². The van der Waals surface area contributed by atoms with E-state index in [0.717, 1.165) is 0 Å². The number of esters is 1. The average Bonchev–Trinajstić information content (AvgIpc) is 3.47. The summed E-state index contributed by atoms with van der Waals surface area (Å²) >= 11 is 0. The summed E-state index contributed by atoms with van der Waals surface area (Å²) in [5.74, 6) is -1.98. The first-order valence-electron chi connectivity index (χ1n) is 8.38. The molecule has 4 aromatic rings. The summed E-state index contributed by atoms with van der Waals surface area (Å²) in [6.45, 7) is 0.973. The third kappa shape index (κ3) is 3.63. The zero-order valence-electron chi connectivity index (χ0n) is 15.0. The van der Waals surface area contributed by atoms with Gasteiger partial charge in [0, 0.05) is 0 Å². The van der Waals surface area contributed by atoms with Gasteiger partial charge in [0.05, 0.1) is 29.2 Å². The van der Waals surface area contributed by atoms with Gasteiger partial charge in [0.15, 0.2) is 18.1 Å². The number of hydrogen-bond acceptors (Lipinski definition) is 9. The molecule has 0 fully saturated rings. The van der Waals surface area contributed by atoms with E-state index in [0.29, 0.717) is 22.5 Å². The minimum atomic E-state index is -0.808. The van der Waals surface area contributed by atoms with Crippen LogP contribution in [0.25, 0.3) is 22.6 Å². The standard InChI is InChI=1S/C19H13N3O7/c1-10-16-11(8-12(13-4-2-6-26-13)20-18(16)29-22-10)19(25)28-9-15(23)21-17(24)14-5-3-7-27-14/h2-8H,9H2,1H3,(H,21,23,24). The van der Waals surface area contributed by atoms with Crippen molar-refractivity contribution >= 4 is 28.9 Å². The van der Waals surface area contributed by atoms with E-state index in [2.05, 4.69) is 15.5 Å². The summed E-state index contributed by atoms with van der Waals surface area (Å²) < 4.78 is 20.4. The van der Waals surface area contributed by atoms with Crippen molar-refractivity contribution in [2.24, 2.45) is 0 Å². The van der Waals surface area contributed by atoms with Crippen LogP contribution in [0.15, 0.2) is 56.2 Å². The summed E-state index contributed by atoms with van der Waals surface area (Å²) in [4.78, 5) is 40.6. The van der Waals surface area contributed by atoms with E-state index in [1.165, 1.54) is 30.7 Å². The molecule has 0 saturated heterocycles. The van der Waals surface area contributed by atoms with E-state index in [4.69, 9.17) is 18.1 Å². The molecule has 0 aliphatic carbocycles. The quantitative estimate of drug-likeness (QED) is 0.505. The lowest BCUT2D eigenvalue weighted by atomic mass is 10.1. The van der Waals surface area contributed by atoms with Gasteiger partial charge < -0.3 is 18.1 Å². The number of imide groups is 1. The van der Waals surface area contributed by atoms with Crippen LogP contribution in [0.5, 0.6) is 0 Å². The molecule has 4 heterocycles. The number of rotatable bonds is 5. The molecule has 0 aliphatic rings. The molecule has 0 unspecified atom stereocenters. The molecule has 10 heteroatoms. The summed E-state index contributed by atoms with van der Waals surface area (Å²) in [7, 11) is 0. The monoisotopic (exact) mass is 395 g/mol. The van der Waals surface area contributed by atoms with Crippen molar-refractivity contribution in [3.63, 3.8) is 0 Å². The number of aryl methyl sites for hydroxylation is 1. The zero-order valence-corrected chi connectivity index (χ0v) is 15.0. The Balaban J connectivity index is 1.53. The normalized spacial score (nSPS) is 10.8. The van der Waals surface area contributed by atoms with Crippen molar-refractivity contribution in [2.45, 2.75) is 6.92 Å². The molecule has 10 nitrogen and oxygen atoms in total. The van der Waals surface area contributed by atoms with Crippen LogP contribution in [0.4, 0.5) is 0 Å². The van der Waals surface area contributed by atoms with Crippen LogP contribution in [-0.4, -0.2) is 34.5 Å². The van der Waals surface area contributed by atoms with Crippen molar-refractivity contribution in [1.82, 2.24) is 15.5 Å². The molecule has 29 heavy (non-hydrogen) atoms. The van der Waals surface area contributed by atoms with Gasteiger partial charge in [-0.05, 0) is 37.3 Å². The second-order valence-electron chi connectivity index (χ2n) is 5.91. The maximum atomic E-state index is 12.6. The molecule has 0 spiro atoms. The van der Waals surface area contributed by atoms with Gasteiger partial charge in [-0.3, -0.25) is 14.9 Å². The van der Waals surface area contributed by atoms with Gasteiger partial charge in [-0.1, -0.05) is 5.16 Å². The number of furan rings is 2. The van der Waals surface area contributed by atoms with Crippen molar-refractivity contribution in [3.05, 3.63) is 59.9 Å². The number of carbonyl (C=O) groups excluding carboxylic acids is 3. The molecule has 0 atom stereocenters. The Bertz CT molecular complexity index is 1190. The highest BCUT2D eigenvalue weighted by Gasteiger charge is 2.22. The molecular formula is C19H13N3O7. The smallest absolute Gasteiger partial charge is 0.339 e. The third-order valence-corrected chi connectivity index (χ3v) is 3.94. The van der Waals surface area contributed by atoms with Gasteiger partial charge in [0.1, 0.15) is 5.69 Å². The topological polar surface area (TPSA) is 138 Å². The van der Waals surface area contributed by atoms with E-state index in [9.17, 15) is 14.4 Å². The Kier molecular flexibility index (Phi) is 4.65. The number of nitrogens with one attached hydrogen (secondary N) is 1. The maximum absolute atomic E-state index is 12.6. The molecule has 0 radical (unpaired) electrons. The molecule has 146 valence electrons. The van der Waals surface area contributed by atoms with E-state index >= 15 is 0 Å². The van der Waals surface area contributed by atoms with Crippen LogP contribution >= 0.6 is 0 Å². The number of aromatic nitrogens is 2. The summed E-state index contributed by atoms with van der Waals surface area (Å²) in [6.07, 6.45) is 2.76. The summed E-state index contributed by atoms with van der Waals surface area (Å²) in [5.41, 5.74) is 0.997. The Morgan fingerprint density at radius 2 is 1.93 bits per heavy atom. The van der Waals surface area contributed by atoms with Crippen molar-refractivity contribution in [3.8, 4) is 11.5 Å². The predicted molar refractivity (Wildman–Crippen MR) is 95.7 cm³/mol. The lowest BCUT2D eigenvalue weighted by molar-refractivity contribution is -0.123. The second-order valence-corrected chi connectivity index (χ2v) is 5.91. The zero-order chi connectivity index (χ0) is 20.4. The van der Waals surface area contributed by atoms with Crippen molar-refractivity contribution in [2.75, 3.05) is 6.61 Å². The van der Waals surface area contributed by atoms with Gasteiger partial charge in [-0.25, -0.2) is 9.78 Å². The highest BCUT2D eigenvalue weighted by Crippen LogP contribution is 2.27. The number of hydrogen-bond donors (Lipinski definition) is 1. The highest BCUT2D eigenvalue weighted by molar-refractivity contribution is 6.06. The molecular weight excluding hydrogens is 382 g/mol. The molecule has 0 saturated carbocycles. The van der Waals surface area contributed by atoms with Gasteiger partial charge in [0.25, 0.3) is 17.5 Å². The molecule has 4 rings (SSSR count). The molecule has 0 aromatic carbocycles. The Morgan fingerprint density at radius 1 is 1.14 bits per heavy atom. The average molecular weight is 395 g/mol. The van der Waals surface area contributed by atoms with Crippen LogP contribution in [0.1, 0.15) is 26.6 Å². The maximum Gasteiger partial charge on any atom is 0.339 e. The first-order chi connectivity index (χ1) is 14.0. The lowest BCUT2D eigenvalue weighted by Gasteiger charge is -2.07. The number of ether oxygens (including phenoxy) is 1. The predicted octanol–water partition coefficient (Wildman–Crippen LogP) is 2.50. The van der Waals surface area contributed by atoms with Gasteiger partial charge >= 0.3 is 5.97 Å². The minimum Gasteiger partial charge on any atom is -0.463 e. The Hall–Kier alpha value is -4.21. The molecule has 0 aliphatic heterocycles. The first-order valence-corrected chi connectivity index (χ1v) is 8.38. The second kappa shape index (κ2) is 7.43. The van der Waals surface area contributed by atoms with Crippen molar-refractivity contribution in [1.29, 1.82) is 0 Å². The highest BCUT2D eigenvalue weighted by atomic mass is 16.5. The number of carbonyl (C=O) groups is 3. The molecule has 4 aromatic heterocycles. The van der Waals surface area contributed by atoms with Crippen LogP contribution in [0.2, 0.25) is 0 Å². The number of nitrogens with zero attached hydrogens (tertiary/aromatic N) is 2. The van der Waals surface area contributed by atoms with E-state index < -0.39 is 24.4 Å². The van der Waals surface area contributed by atoms with E-state index in [1.54, 1.807) is 19.1 Å². The fourth-order valence-electron chi connectivity index (χ4n) is 2.65. The third-order valence-electron chi connectivity index (χ3n) is 3.94. The largest absolute Gasteiger partial charge is 0.463 e. The van der Waals surface area contributed by atoms with Gasteiger partial charge in [-0.15, -0.1) is 0 Å². The minimum absolute atomic E-state index is 0.0382. The summed E-state index contributed by atoms with van der Waals surface area (Å²) in [5, 5.41) is 6.23. The SMILES string of the molecule is Cc1noc2nc(-c3ccco3)cc(C(=O)OCC(=O)NC(=O)c3ccco3)c12.